The highest BCUT2D eigenvalue weighted by Crippen LogP contribution is 2.23. The first-order chi connectivity index (χ1) is 7.79. The lowest BCUT2D eigenvalue weighted by atomic mass is 10.1. The maximum Gasteiger partial charge on any atom is 0.102 e. The van der Waals surface area contributed by atoms with Gasteiger partial charge in [-0.05, 0) is 31.5 Å². The summed E-state index contributed by atoms with van der Waals surface area (Å²) in [5.41, 5.74) is 6.32. The lowest BCUT2D eigenvalue weighted by Crippen LogP contribution is -2.09. The molecule has 0 aliphatic heterocycles. The zero-order valence-electron chi connectivity index (χ0n) is 9.03. The van der Waals surface area contributed by atoms with Crippen molar-refractivity contribution in [3.63, 3.8) is 0 Å². The Morgan fingerprint density at radius 2 is 2.12 bits per heavy atom. The Hall–Kier alpha value is -1.00. The summed E-state index contributed by atoms with van der Waals surface area (Å²) in [6, 6.07) is 8.00. The Balaban J connectivity index is 1.99. The summed E-state index contributed by atoms with van der Waals surface area (Å²) in [6.07, 6.45) is 0.889. The molecule has 4 heteroatoms. The van der Waals surface area contributed by atoms with Crippen molar-refractivity contribution >= 4 is 21.6 Å². The van der Waals surface area contributed by atoms with E-state index in [1.54, 1.807) is 11.3 Å². The fourth-order valence-electron chi connectivity index (χ4n) is 1.63. The van der Waals surface area contributed by atoms with Crippen molar-refractivity contribution < 1.29 is 4.39 Å². The summed E-state index contributed by atoms with van der Waals surface area (Å²) in [5, 5.41) is 1.01. The molecule has 0 saturated heterocycles. The molecule has 16 heavy (non-hydrogen) atoms. The van der Waals surface area contributed by atoms with Gasteiger partial charge in [0.25, 0.3) is 0 Å². The van der Waals surface area contributed by atoms with Gasteiger partial charge in [0.05, 0.1) is 15.2 Å². The second-order valence-corrected chi connectivity index (χ2v) is 4.90. The molecule has 1 heterocycles. The predicted octanol–water partition coefficient (Wildman–Crippen LogP) is 2.92. The summed E-state index contributed by atoms with van der Waals surface area (Å²) in [6.45, 7) is 0.418. The number of aryl methyl sites for hydroxylation is 1. The quantitative estimate of drug-likeness (QED) is 0.870. The number of nitrogens with two attached hydrogens (primary N) is 1. The van der Waals surface area contributed by atoms with Gasteiger partial charge in [0, 0.05) is 6.42 Å². The maximum absolute atomic E-state index is 13.2. The van der Waals surface area contributed by atoms with Crippen LogP contribution in [0.1, 0.15) is 17.8 Å². The van der Waals surface area contributed by atoms with E-state index in [0.29, 0.717) is 25.8 Å². The van der Waals surface area contributed by atoms with Gasteiger partial charge in [-0.15, -0.1) is 11.3 Å². The summed E-state index contributed by atoms with van der Waals surface area (Å²) in [7, 11) is 0. The van der Waals surface area contributed by atoms with Crippen molar-refractivity contribution in [2.24, 2.45) is 5.73 Å². The van der Waals surface area contributed by atoms with E-state index in [4.69, 9.17) is 5.73 Å². The van der Waals surface area contributed by atoms with Gasteiger partial charge >= 0.3 is 0 Å². The van der Waals surface area contributed by atoms with Crippen LogP contribution in [-0.4, -0.2) is 17.7 Å². The first-order valence-corrected chi connectivity index (χ1v) is 6.30. The molecule has 0 amide bonds. The molecule has 2 aromatic rings. The van der Waals surface area contributed by atoms with Crippen molar-refractivity contribution in [1.82, 2.24) is 4.98 Å². The minimum Gasteiger partial charge on any atom is -0.330 e. The minimum absolute atomic E-state index is 0.418. The number of aromatic nitrogens is 1. The number of hydrogen-bond donors (Lipinski definition) is 1. The Morgan fingerprint density at radius 3 is 2.88 bits per heavy atom. The Morgan fingerprint density at radius 1 is 1.31 bits per heavy atom. The first-order valence-electron chi connectivity index (χ1n) is 5.48. The third-order valence-corrected chi connectivity index (χ3v) is 3.59. The maximum atomic E-state index is 13.2. The third kappa shape index (κ3) is 2.77. The van der Waals surface area contributed by atoms with Crippen molar-refractivity contribution in [3.8, 4) is 0 Å². The van der Waals surface area contributed by atoms with E-state index in [2.05, 4.69) is 4.98 Å². The van der Waals surface area contributed by atoms with Crippen molar-refractivity contribution in [2.45, 2.75) is 25.4 Å². The molecule has 0 aliphatic carbocycles. The number of fused-ring (bicyclic) bond motifs is 1. The standard InChI is InChI=1S/C12H15FN2S/c13-9(7-8-14)5-6-12-15-10-3-1-2-4-11(10)16-12/h1-4,9H,5-8,14H2. The van der Waals surface area contributed by atoms with Crippen LogP contribution in [0.5, 0.6) is 0 Å². The number of thiazole rings is 1. The smallest absolute Gasteiger partial charge is 0.102 e. The first kappa shape index (κ1) is 11.5. The number of nitrogens with zero attached hydrogens (tertiary/aromatic N) is 1. The lowest BCUT2D eigenvalue weighted by Gasteiger charge is -2.03. The van der Waals surface area contributed by atoms with Gasteiger partial charge in [0.1, 0.15) is 6.17 Å². The van der Waals surface area contributed by atoms with E-state index >= 15 is 0 Å². The van der Waals surface area contributed by atoms with Crippen LogP contribution in [0, 0.1) is 0 Å². The van der Waals surface area contributed by atoms with E-state index in [-0.39, 0.29) is 0 Å². The summed E-state index contributed by atoms with van der Waals surface area (Å²) >= 11 is 1.65. The zero-order valence-corrected chi connectivity index (χ0v) is 9.84. The number of alkyl halides is 1. The van der Waals surface area contributed by atoms with Crippen LogP contribution in [0.15, 0.2) is 24.3 Å². The van der Waals surface area contributed by atoms with Crippen molar-refractivity contribution in [1.29, 1.82) is 0 Å². The highest BCUT2D eigenvalue weighted by atomic mass is 32.1. The molecule has 0 saturated carbocycles. The van der Waals surface area contributed by atoms with E-state index in [0.717, 1.165) is 10.5 Å². The Kier molecular flexibility index (Phi) is 3.85. The van der Waals surface area contributed by atoms with Crippen LogP contribution in [0.4, 0.5) is 4.39 Å². The molecule has 2 N–H and O–H groups in total. The van der Waals surface area contributed by atoms with Crippen molar-refractivity contribution in [2.75, 3.05) is 6.54 Å². The van der Waals surface area contributed by atoms with Crippen LogP contribution < -0.4 is 5.73 Å². The zero-order chi connectivity index (χ0) is 11.4. The second-order valence-electron chi connectivity index (χ2n) is 3.79. The summed E-state index contributed by atoms with van der Waals surface area (Å²) < 4.78 is 14.4. The molecule has 0 radical (unpaired) electrons. The normalized spacial score (nSPS) is 13.1. The topological polar surface area (TPSA) is 38.9 Å². The van der Waals surface area contributed by atoms with Gasteiger partial charge in [0.2, 0.25) is 0 Å². The number of benzene rings is 1. The number of para-hydroxylation sites is 1. The van der Waals surface area contributed by atoms with Gasteiger partial charge in [-0.25, -0.2) is 9.37 Å². The van der Waals surface area contributed by atoms with Gasteiger partial charge in [-0.2, -0.15) is 0 Å². The molecule has 0 spiro atoms. The SMILES string of the molecule is NCCC(F)CCc1nc2ccccc2s1. The average molecular weight is 238 g/mol. The molecule has 1 aromatic carbocycles. The highest BCUT2D eigenvalue weighted by Gasteiger charge is 2.08. The molecular weight excluding hydrogens is 223 g/mol. The number of rotatable bonds is 5. The number of hydrogen-bond acceptors (Lipinski definition) is 3. The van der Waals surface area contributed by atoms with Gasteiger partial charge < -0.3 is 5.73 Å². The summed E-state index contributed by atoms with van der Waals surface area (Å²) in [4.78, 5) is 4.47. The van der Waals surface area contributed by atoms with Gasteiger partial charge in [-0.3, -0.25) is 0 Å². The molecule has 1 aromatic heterocycles. The molecule has 2 nitrogen and oxygen atoms in total. The van der Waals surface area contributed by atoms with E-state index < -0.39 is 6.17 Å². The monoisotopic (exact) mass is 238 g/mol. The number of halogens is 1. The fourth-order valence-corrected chi connectivity index (χ4v) is 2.61. The molecule has 2 rings (SSSR count). The third-order valence-electron chi connectivity index (χ3n) is 2.49. The fraction of sp³-hybridized carbons (Fsp3) is 0.417. The largest absolute Gasteiger partial charge is 0.330 e. The molecule has 1 atom stereocenters. The minimum atomic E-state index is -0.794. The van der Waals surface area contributed by atoms with Gasteiger partial charge in [-0.1, -0.05) is 12.1 Å². The lowest BCUT2D eigenvalue weighted by molar-refractivity contribution is 0.300. The molecular formula is C12H15FN2S. The van der Waals surface area contributed by atoms with E-state index in [1.165, 1.54) is 4.70 Å². The van der Waals surface area contributed by atoms with Crippen LogP contribution in [0.25, 0.3) is 10.2 Å². The molecule has 86 valence electrons. The summed E-state index contributed by atoms with van der Waals surface area (Å²) in [5.74, 6) is 0. The van der Waals surface area contributed by atoms with Crippen LogP contribution >= 0.6 is 11.3 Å². The second kappa shape index (κ2) is 5.37. The Bertz CT molecular complexity index is 422. The van der Waals surface area contributed by atoms with E-state index in [9.17, 15) is 4.39 Å². The molecule has 0 aliphatic rings. The highest BCUT2D eigenvalue weighted by molar-refractivity contribution is 7.18. The van der Waals surface area contributed by atoms with Crippen LogP contribution in [-0.2, 0) is 6.42 Å². The van der Waals surface area contributed by atoms with E-state index in [1.807, 2.05) is 24.3 Å². The van der Waals surface area contributed by atoms with Crippen LogP contribution in [0.3, 0.4) is 0 Å². The average Bonchev–Trinajstić information content (AvgIpc) is 2.69. The predicted molar refractivity (Wildman–Crippen MR) is 66.5 cm³/mol. The molecule has 1 unspecified atom stereocenters. The molecule has 0 fully saturated rings. The Labute approximate surface area is 98.3 Å². The molecule has 0 bridgehead atoms. The van der Waals surface area contributed by atoms with Crippen molar-refractivity contribution in [3.05, 3.63) is 29.3 Å². The van der Waals surface area contributed by atoms with Crippen LogP contribution in [0.2, 0.25) is 0 Å². The van der Waals surface area contributed by atoms with Gasteiger partial charge in [0.15, 0.2) is 0 Å².